The van der Waals surface area contributed by atoms with Gasteiger partial charge >= 0.3 is 24.0 Å². The van der Waals surface area contributed by atoms with Crippen LogP contribution in [0.5, 0.6) is 0 Å². The van der Waals surface area contributed by atoms with Crippen molar-refractivity contribution in [1.29, 1.82) is 0 Å². The number of nitrogens with zero attached hydrogens (tertiary/aromatic N) is 4. The number of pyridine rings is 1. The number of anilines is 1. The van der Waals surface area contributed by atoms with Gasteiger partial charge in [0.15, 0.2) is 0 Å². The van der Waals surface area contributed by atoms with E-state index in [0.717, 1.165) is 95.0 Å². The number of nitrogens with one attached hydrogen (secondary N) is 3. The van der Waals surface area contributed by atoms with Crippen LogP contribution in [-0.2, 0) is 57.5 Å². The monoisotopic (exact) mass is 924 g/mol. The van der Waals surface area contributed by atoms with E-state index in [-0.39, 0.29) is 25.1 Å². The number of ether oxygens (including phenoxy) is 5. The van der Waals surface area contributed by atoms with E-state index in [1.165, 1.54) is 6.92 Å². The first-order chi connectivity index (χ1) is 31.9. The third-order valence-corrected chi connectivity index (χ3v) is 12.7. The molecule has 0 radical (unpaired) electrons. The zero-order valence-corrected chi connectivity index (χ0v) is 40.7. The largest absolute Gasteiger partial charge is 0.465 e. The van der Waals surface area contributed by atoms with Crippen molar-refractivity contribution in [3.8, 4) is 22.4 Å². The first-order valence-corrected chi connectivity index (χ1v) is 23.6. The van der Waals surface area contributed by atoms with Crippen molar-refractivity contribution < 1.29 is 42.9 Å². The van der Waals surface area contributed by atoms with Gasteiger partial charge in [0, 0.05) is 81.6 Å². The third-order valence-electron chi connectivity index (χ3n) is 12.7. The molecule has 3 aliphatic rings. The summed E-state index contributed by atoms with van der Waals surface area (Å²) in [4.78, 5) is 62.0. The fourth-order valence-electron chi connectivity index (χ4n) is 9.33. The van der Waals surface area contributed by atoms with E-state index in [4.69, 9.17) is 28.7 Å². The SMILES string of the molecule is CCn1c(-c2cc(N3CCN4CCOC[C@@H]4C3)cnc2[C@H](C)OC)c(CC(C)(C)COC(C)=O)c2cc(-c3cccc(C[C@H](NC(=O)OC(C)(C)C)C(=O)OC(=O)C4CCCNN4)c3)ccc21. The second-order valence-corrected chi connectivity index (χ2v) is 19.7. The molecule has 0 saturated carbocycles. The highest BCUT2D eigenvalue weighted by molar-refractivity contribution is 5.96. The van der Waals surface area contributed by atoms with Crippen LogP contribution in [0.1, 0.15) is 91.2 Å². The Morgan fingerprint density at radius 3 is 2.52 bits per heavy atom. The number of hydrogen-bond acceptors (Lipinski definition) is 14. The number of rotatable bonds is 15. The number of hydrogen-bond donors (Lipinski definition) is 3. The number of carbonyl (C=O) groups excluding carboxylic acids is 4. The summed E-state index contributed by atoms with van der Waals surface area (Å²) in [6.07, 6.45) is 2.73. The normalized spacial score (nSPS) is 19.0. The van der Waals surface area contributed by atoms with Crippen molar-refractivity contribution in [2.24, 2.45) is 5.41 Å². The number of piperazine rings is 1. The lowest BCUT2D eigenvalue weighted by atomic mass is 9.84. The molecule has 3 N–H and O–H groups in total. The number of aromatic nitrogens is 2. The topological polar surface area (TPSA) is 175 Å². The van der Waals surface area contributed by atoms with E-state index in [9.17, 15) is 19.2 Å². The Kier molecular flexibility index (Phi) is 15.7. The van der Waals surface area contributed by atoms with E-state index >= 15 is 0 Å². The Labute approximate surface area is 394 Å². The maximum Gasteiger partial charge on any atom is 0.408 e. The van der Waals surface area contributed by atoms with Crippen LogP contribution in [0.25, 0.3) is 33.3 Å². The van der Waals surface area contributed by atoms with Crippen molar-refractivity contribution in [3.05, 3.63) is 71.5 Å². The molecule has 67 heavy (non-hydrogen) atoms. The van der Waals surface area contributed by atoms with E-state index in [2.05, 4.69) is 75.6 Å². The summed E-state index contributed by atoms with van der Waals surface area (Å²) in [5, 5.41) is 3.71. The van der Waals surface area contributed by atoms with Crippen LogP contribution in [-0.4, -0.2) is 122 Å². The number of morpholine rings is 1. The van der Waals surface area contributed by atoms with Gasteiger partial charge in [0.05, 0.1) is 55.2 Å². The molecule has 362 valence electrons. The summed E-state index contributed by atoms with van der Waals surface area (Å²) in [7, 11) is 1.70. The van der Waals surface area contributed by atoms with Crippen molar-refractivity contribution in [1.82, 2.24) is 30.6 Å². The molecule has 2 aromatic heterocycles. The Morgan fingerprint density at radius 1 is 1.01 bits per heavy atom. The van der Waals surface area contributed by atoms with E-state index in [1.54, 1.807) is 27.9 Å². The number of methoxy groups -OCH3 is 1. The molecule has 16 heteroatoms. The van der Waals surface area contributed by atoms with Crippen molar-refractivity contribution >= 4 is 40.6 Å². The quantitative estimate of drug-likeness (QED) is 0.0669. The number of amides is 1. The molecule has 1 amide bonds. The van der Waals surface area contributed by atoms with Crippen molar-refractivity contribution in [2.45, 2.75) is 117 Å². The van der Waals surface area contributed by atoms with Crippen molar-refractivity contribution in [2.75, 3.05) is 64.6 Å². The molecule has 3 fully saturated rings. The van der Waals surface area contributed by atoms with E-state index in [0.29, 0.717) is 38.6 Å². The first-order valence-electron chi connectivity index (χ1n) is 23.6. The van der Waals surface area contributed by atoms with Gasteiger partial charge in [-0.1, -0.05) is 44.2 Å². The number of aryl methyl sites for hydroxylation is 1. The molecular weight excluding hydrogens is 855 g/mol. The highest BCUT2D eigenvalue weighted by Gasteiger charge is 2.34. The zero-order valence-electron chi connectivity index (χ0n) is 40.7. The van der Waals surface area contributed by atoms with Gasteiger partial charge in [-0.2, -0.15) is 0 Å². The molecule has 16 nitrogen and oxygen atoms in total. The maximum atomic E-state index is 13.7. The standard InChI is InChI=1S/C51H69N7O9/c1-10-58-44-17-16-36(35-14-11-13-34(23-35)24-43(54-49(62)67-50(4,5)6)48(61)66-47(60)42-15-12-18-53-55-42)25-39(44)41(27-51(7,8)31-65-33(3)59)46(58)40-26-37(28-52-45(40)32(2)63-9)57-20-19-56-21-22-64-30-38(56)29-57/h11,13-14,16-17,23,25-26,28,32,38,42-43,53,55H,10,12,15,18-22,24,27,29-31H2,1-9H3,(H,54,62)/t32-,38-,42?,43-/m0/s1. The van der Waals surface area contributed by atoms with Gasteiger partial charge in [-0.05, 0) is 94.3 Å². The van der Waals surface area contributed by atoms with Crippen molar-refractivity contribution in [3.63, 3.8) is 0 Å². The number of esters is 3. The molecule has 3 aliphatic heterocycles. The average Bonchev–Trinajstić information content (AvgIpc) is 3.61. The minimum atomic E-state index is -1.21. The van der Waals surface area contributed by atoms with Crippen LogP contribution in [0.3, 0.4) is 0 Å². The molecule has 1 unspecified atom stereocenters. The molecule has 0 aliphatic carbocycles. The minimum Gasteiger partial charge on any atom is -0.465 e. The van der Waals surface area contributed by atoms with Crippen LogP contribution in [0.2, 0.25) is 0 Å². The average molecular weight is 924 g/mol. The van der Waals surface area contributed by atoms with Gasteiger partial charge in [0.25, 0.3) is 0 Å². The fraction of sp³-hybridized carbons (Fsp3) is 0.549. The molecule has 4 atom stereocenters. The fourth-order valence-corrected chi connectivity index (χ4v) is 9.33. The Balaban J connectivity index is 1.29. The lowest BCUT2D eigenvalue weighted by molar-refractivity contribution is -0.163. The van der Waals surface area contributed by atoms with Gasteiger partial charge in [0.2, 0.25) is 0 Å². The van der Waals surface area contributed by atoms with Gasteiger partial charge in [0.1, 0.15) is 17.7 Å². The molecule has 3 saturated heterocycles. The molecular formula is C51H69N7O9. The lowest BCUT2D eigenvalue weighted by Gasteiger charge is -2.44. The zero-order chi connectivity index (χ0) is 48.0. The second-order valence-electron chi connectivity index (χ2n) is 19.7. The number of hydrazine groups is 1. The summed E-state index contributed by atoms with van der Waals surface area (Å²) in [6.45, 7) is 21.7. The number of carbonyl (C=O) groups is 4. The van der Waals surface area contributed by atoms with Crippen LogP contribution in [0.15, 0.2) is 54.7 Å². The molecule has 0 spiro atoms. The Bertz CT molecular complexity index is 2420. The van der Waals surface area contributed by atoms with E-state index in [1.807, 2.05) is 37.4 Å². The summed E-state index contributed by atoms with van der Waals surface area (Å²) < 4.78 is 30.7. The third kappa shape index (κ3) is 12.2. The Morgan fingerprint density at radius 2 is 1.81 bits per heavy atom. The predicted octanol–water partition coefficient (Wildman–Crippen LogP) is 6.51. The molecule has 4 aromatic rings. The summed E-state index contributed by atoms with van der Waals surface area (Å²) >= 11 is 0. The molecule has 0 bridgehead atoms. The second kappa shape index (κ2) is 21.3. The lowest BCUT2D eigenvalue weighted by Crippen LogP contribution is -2.58. The van der Waals surface area contributed by atoms with Crippen LogP contribution in [0, 0.1) is 5.41 Å². The van der Waals surface area contributed by atoms with Gasteiger partial charge < -0.3 is 38.5 Å². The van der Waals surface area contributed by atoms with Crippen LogP contribution < -0.4 is 21.1 Å². The van der Waals surface area contributed by atoms with Gasteiger partial charge in [-0.3, -0.25) is 20.1 Å². The van der Waals surface area contributed by atoms with E-state index < -0.39 is 41.1 Å². The Hall–Kier alpha value is -5.39. The summed E-state index contributed by atoms with van der Waals surface area (Å²) in [5.74, 6) is -1.93. The number of benzene rings is 2. The molecule has 7 rings (SSSR count). The maximum absolute atomic E-state index is 13.7. The molecule has 5 heterocycles. The minimum absolute atomic E-state index is 0.0381. The highest BCUT2D eigenvalue weighted by Crippen LogP contribution is 2.43. The number of alkyl carbamates (subject to hydrolysis) is 1. The van der Waals surface area contributed by atoms with Crippen LogP contribution >= 0.6 is 0 Å². The van der Waals surface area contributed by atoms with Crippen LogP contribution in [0.4, 0.5) is 10.5 Å². The summed E-state index contributed by atoms with van der Waals surface area (Å²) in [5.41, 5.74) is 13.1. The van der Waals surface area contributed by atoms with Gasteiger partial charge in [-0.25, -0.2) is 19.8 Å². The molecule has 2 aromatic carbocycles. The highest BCUT2D eigenvalue weighted by atomic mass is 16.6. The predicted molar refractivity (Wildman–Crippen MR) is 256 cm³/mol. The smallest absolute Gasteiger partial charge is 0.408 e. The van der Waals surface area contributed by atoms with Gasteiger partial charge in [-0.15, -0.1) is 0 Å². The first kappa shape index (κ1) is 49.5. The summed E-state index contributed by atoms with van der Waals surface area (Å²) in [6, 6.07) is 14.9. The number of fused-ring (bicyclic) bond motifs is 2.